The molecule has 0 saturated carbocycles. The molecule has 2 atom stereocenters. The Balaban J connectivity index is 2.30. The largest absolute Gasteiger partial charge is 0.407 e. The molecule has 1 amide bonds. The van der Waals surface area contributed by atoms with Crippen molar-refractivity contribution in [3.63, 3.8) is 0 Å². The normalized spacial score (nSPS) is 13.5. The van der Waals surface area contributed by atoms with Gasteiger partial charge < -0.3 is 5.32 Å². The molecule has 160 valence electrons. The molecule has 1 aromatic carbocycles. The van der Waals surface area contributed by atoms with Crippen molar-refractivity contribution in [1.82, 2.24) is 15.6 Å². The number of nitriles is 1. The van der Waals surface area contributed by atoms with Crippen molar-refractivity contribution >= 4 is 5.91 Å². The van der Waals surface area contributed by atoms with Crippen molar-refractivity contribution in [2.45, 2.75) is 45.5 Å². The van der Waals surface area contributed by atoms with Gasteiger partial charge in [0.05, 0.1) is 12.1 Å². The van der Waals surface area contributed by atoms with Crippen LogP contribution in [0.25, 0.3) is 11.1 Å². The fourth-order valence-corrected chi connectivity index (χ4v) is 3.15. The molecule has 0 unspecified atom stereocenters. The lowest BCUT2D eigenvalue weighted by molar-refractivity contribution is -0.161. The van der Waals surface area contributed by atoms with Crippen LogP contribution in [0.5, 0.6) is 0 Å². The number of rotatable bonds is 8. The van der Waals surface area contributed by atoms with E-state index in [-0.39, 0.29) is 24.4 Å². The topological polar surface area (TPSA) is 77.8 Å². The van der Waals surface area contributed by atoms with Crippen LogP contribution in [-0.4, -0.2) is 29.7 Å². The standard InChI is InChI=1S/C22H25F3N4O/c1-14(2)12-19(21(30)28-11-9-26)29-20(22(23,24)25)17-6-4-16(5-7-17)18-8-10-27-15(3)13-18/h4-8,10,13-14,19-20,29H,11-12H2,1-3H3,(H,28,30)/t19-,20-/m0/s1. The first-order valence-corrected chi connectivity index (χ1v) is 9.62. The maximum Gasteiger partial charge on any atom is 0.407 e. The molecule has 1 heterocycles. The summed E-state index contributed by atoms with van der Waals surface area (Å²) in [5, 5.41) is 13.4. The molecule has 2 aromatic rings. The first kappa shape index (κ1) is 23.4. The monoisotopic (exact) mass is 418 g/mol. The highest BCUT2D eigenvalue weighted by Crippen LogP contribution is 2.34. The van der Waals surface area contributed by atoms with Gasteiger partial charge in [0.1, 0.15) is 12.6 Å². The summed E-state index contributed by atoms with van der Waals surface area (Å²) in [5.41, 5.74) is 2.46. The number of aryl methyl sites for hydroxylation is 1. The number of nitrogens with one attached hydrogen (secondary N) is 2. The highest BCUT2D eigenvalue weighted by atomic mass is 19.4. The third kappa shape index (κ3) is 6.56. The first-order valence-electron chi connectivity index (χ1n) is 9.62. The minimum Gasteiger partial charge on any atom is -0.342 e. The van der Waals surface area contributed by atoms with E-state index in [1.807, 2.05) is 26.8 Å². The van der Waals surface area contributed by atoms with E-state index < -0.39 is 24.2 Å². The Morgan fingerprint density at radius 2 is 1.83 bits per heavy atom. The number of hydrogen-bond acceptors (Lipinski definition) is 4. The Morgan fingerprint density at radius 1 is 1.17 bits per heavy atom. The molecule has 0 bridgehead atoms. The van der Waals surface area contributed by atoms with E-state index in [4.69, 9.17) is 5.26 Å². The summed E-state index contributed by atoms with van der Waals surface area (Å²) in [6.07, 6.45) is -2.74. The number of nitrogens with zero attached hydrogens (tertiary/aromatic N) is 2. The van der Waals surface area contributed by atoms with Crippen LogP contribution >= 0.6 is 0 Å². The molecule has 0 saturated heterocycles. The van der Waals surface area contributed by atoms with E-state index in [0.717, 1.165) is 16.8 Å². The molecule has 1 aromatic heterocycles. The van der Waals surface area contributed by atoms with Crippen molar-refractivity contribution in [2.75, 3.05) is 6.54 Å². The van der Waals surface area contributed by atoms with Gasteiger partial charge in [0.2, 0.25) is 5.91 Å². The van der Waals surface area contributed by atoms with Gasteiger partial charge in [-0.25, -0.2) is 0 Å². The van der Waals surface area contributed by atoms with Crippen molar-refractivity contribution < 1.29 is 18.0 Å². The van der Waals surface area contributed by atoms with Crippen LogP contribution in [0.3, 0.4) is 0 Å². The number of carbonyl (C=O) groups excluding carboxylic acids is 1. The van der Waals surface area contributed by atoms with Gasteiger partial charge in [0, 0.05) is 11.9 Å². The minimum absolute atomic E-state index is 0.0125. The van der Waals surface area contributed by atoms with E-state index in [9.17, 15) is 18.0 Å². The predicted octanol–water partition coefficient (Wildman–Crippen LogP) is 4.30. The molecular weight excluding hydrogens is 393 g/mol. The number of amides is 1. The summed E-state index contributed by atoms with van der Waals surface area (Å²) in [4.78, 5) is 16.4. The van der Waals surface area contributed by atoms with E-state index in [1.165, 1.54) is 12.1 Å². The molecule has 30 heavy (non-hydrogen) atoms. The van der Waals surface area contributed by atoms with E-state index in [0.29, 0.717) is 0 Å². The molecule has 5 nitrogen and oxygen atoms in total. The average molecular weight is 418 g/mol. The molecule has 0 aliphatic carbocycles. The Morgan fingerprint density at radius 3 is 2.37 bits per heavy atom. The first-order chi connectivity index (χ1) is 14.1. The smallest absolute Gasteiger partial charge is 0.342 e. The molecule has 2 N–H and O–H groups in total. The maximum atomic E-state index is 13.8. The van der Waals surface area contributed by atoms with Crippen molar-refractivity contribution in [2.24, 2.45) is 5.92 Å². The van der Waals surface area contributed by atoms with Gasteiger partial charge in [0.25, 0.3) is 0 Å². The van der Waals surface area contributed by atoms with Gasteiger partial charge in [-0.15, -0.1) is 0 Å². The van der Waals surface area contributed by atoms with Gasteiger partial charge >= 0.3 is 6.18 Å². The number of halogens is 3. The number of carbonyl (C=O) groups is 1. The lowest BCUT2D eigenvalue weighted by Gasteiger charge is -2.28. The number of hydrogen-bond donors (Lipinski definition) is 2. The zero-order chi connectivity index (χ0) is 22.3. The highest BCUT2D eigenvalue weighted by molar-refractivity contribution is 5.82. The molecule has 0 aliphatic rings. The van der Waals surface area contributed by atoms with E-state index >= 15 is 0 Å². The summed E-state index contributed by atoms with van der Waals surface area (Å²) in [7, 11) is 0. The SMILES string of the molecule is Cc1cc(-c2ccc([C@H](N[C@@H](CC(C)C)C(=O)NCC#N)C(F)(F)F)cc2)ccn1. The Bertz CT molecular complexity index is 888. The van der Waals surface area contributed by atoms with Crippen LogP contribution in [0.15, 0.2) is 42.6 Å². The lowest BCUT2D eigenvalue weighted by atomic mass is 9.97. The lowest BCUT2D eigenvalue weighted by Crippen LogP contribution is -2.49. The molecule has 2 rings (SSSR count). The van der Waals surface area contributed by atoms with Crippen LogP contribution in [0.4, 0.5) is 13.2 Å². The van der Waals surface area contributed by atoms with Gasteiger partial charge in [-0.1, -0.05) is 38.1 Å². The van der Waals surface area contributed by atoms with Gasteiger partial charge in [-0.2, -0.15) is 18.4 Å². The summed E-state index contributed by atoms with van der Waals surface area (Å²) < 4.78 is 41.5. The number of aromatic nitrogens is 1. The second-order valence-electron chi connectivity index (χ2n) is 7.51. The second kappa shape index (κ2) is 10.2. The van der Waals surface area contributed by atoms with Gasteiger partial charge in [0.15, 0.2) is 0 Å². The minimum atomic E-state index is -4.60. The molecule has 0 aliphatic heterocycles. The van der Waals surface area contributed by atoms with Crippen LogP contribution in [0, 0.1) is 24.2 Å². The number of benzene rings is 1. The quantitative estimate of drug-likeness (QED) is 0.627. The third-order valence-electron chi connectivity index (χ3n) is 4.53. The van der Waals surface area contributed by atoms with Crippen molar-refractivity contribution in [1.29, 1.82) is 5.26 Å². The summed E-state index contributed by atoms with van der Waals surface area (Å²) >= 11 is 0. The molecule has 0 radical (unpaired) electrons. The number of pyridine rings is 1. The highest BCUT2D eigenvalue weighted by Gasteiger charge is 2.42. The van der Waals surface area contributed by atoms with Crippen molar-refractivity contribution in [3.8, 4) is 17.2 Å². The zero-order valence-electron chi connectivity index (χ0n) is 17.1. The zero-order valence-corrected chi connectivity index (χ0v) is 17.1. The van der Waals surface area contributed by atoms with Gasteiger partial charge in [-0.3, -0.25) is 15.1 Å². The summed E-state index contributed by atoms with van der Waals surface area (Å²) in [5.74, 6) is -0.634. The van der Waals surface area contributed by atoms with Crippen LogP contribution in [0.1, 0.15) is 37.6 Å². The molecule has 0 fully saturated rings. The molecule has 8 heteroatoms. The Kier molecular flexibility index (Phi) is 7.95. The third-order valence-corrected chi connectivity index (χ3v) is 4.53. The maximum absolute atomic E-state index is 13.8. The second-order valence-corrected chi connectivity index (χ2v) is 7.51. The average Bonchev–Trinajstić information content (AvgIpc) is 2.68. The summed E-state index contributed by atoms with van der Waals surface area (Å²) in [6.45, 7) is 5.22. The summed E-state index contributed by atoms with van der Waals surface area (Å²) in [6, 6.07) is 8.39. The van der Waals surface area contributed by atoms with Gasteiger partial charge in [-0.05, 0) is 48.1 Å². The van der Waals surface area contributed by atoms with Crippen LogP contribution < -0.4 is 10.6 Å². The number of alkyl halides is 3. The van der Waals surface area contributed by atoms with E-state index in [2.05, 4.69) is 15.6 Å². The fourth-order valence-electron chi connectivity index (χ4n) is 3.15. The Hall–Kier alpha value is -2.92. The van der Waals surface area contributed by atoms with E-state index in [1.54, 1.807) is 30.5 Å². The Labute approximate surface area is 174 Å². The molecule has 0 spiro atoms. The fraction of sp³-hybridized carbons (Fsp3) is 0.409. The predicted molar refractivity (Wildman–Crippen MR) is 108 cm³/mol. The molecular formula is C22H25F3N4O. The van der Waals surface area contributed by atoms with Crippen LogP contribution in [-0.2, 0) is 4.79 Å². The van der Waals surface area contributed by atoms with Crippen molar-refractivity contribution in [3.05, 3.63) is 53.9 Å². The van der Waals surface area contributed by atoms with Crippen LogP contribution in [0.2, 0.25) is 0 Å².